The molecular formula is C16H25FN2O4. The van der Waals surface area contributed by atoms with Crippen LogP contribution in [0.15, 0.2) is 0 Å². The van der Waals surface area contributed by atoms with Crippen LogP contribution in [0.1, 0.15) is 40.0 Å². The average Bonchev–Trinajstić information content (AvgIpc) is 2.42. The normalized spacial score (nSPS) is 40.7. The van der Waals surface area contributed by atoms with Gasteiger partial charge < -0.3 is 14.8 Å². The summed E-state index contributed by atoms with van der Waals surface area (Å²) in [7, 11) is 0. The fourth-order valence-corrected chi connectivity index (χ4v) is 3.59. The van der Waals surface area contributed by atoms with Gasteiger partial charge in [0.2, 0.25) is 5.91 Å². The van der Waals surface area contributed by atoms with E-state index in [9.17, 15) is 14.0 Å². The summed E-state index contributed by atoms with van der Waals surface area (Å²) in [6, 6.07) is -0.533. The van der Waals surface area contributed by atoms with Gasteiger partial charge in [-0.25, -0.2) is 9.18 Å². The third-order valence-corrected chi connectivity index (χ3v) is 4.74. The van der Waals surface area contributed by atoms with E-state index in [1.807, 2.05) is 20.8 Å². The Labute approximate surface area is 135 Å². The van der Waals surface area contributed by atoms with Crippen LogP contribution in [0.5, 0.6) is 0 Å². The molecule has 0 radical (unpaired) electrons. The van der Waals surface area contributed by atoms with Crippen molar-refractivity contribution in [2.75, 3.05) is 6.61 Å². The first kappa shape index (κ1) is 16.6. The van der Waals surface area contributed by atoms with Crippen molar-refractivity contribution in [3.8, 4) is 0 Å². The molecule has 2 heterocycles. The highest BCUT2D eigenvalue weighted by molar-refractivity contribution is 5.98. The summed E-state index contributed by atoms with van der Waals surface area (Å²) in [6.45, 7) is 6.62. The predicted octanol–water partition coefficient (Wildman–Crippen LogP) is 1.74. The Bertz CT molecular complexity index is 493. The Morgan fingerprint density at radius 2 is 2.00 bits per heavy atom. The van der Waals surface area contributed by atoms with E-state index >= 15 is 0 Å². The fraction of sp³-hybridized carbons (Fsp3) is 0.875. The lowest BCUT2D eigenvalue weighted by molar-refractivity contribution is -0.184. The summed E-state index contributed by atoms with van der Waals surface area (Å²) < 4.78 is 26.1. The van der Waals surface area contributed by atoms with Crippen molar-refractivity contribution in [3.63, 3.8) is 0 Å². The lowest BCUT2D eigenvalue weighted by Crippen LogP contribution is -2.64. The molecule has 3 aliphatic rings. The van der Waals surface area contributed by atoms with Gasteiger partial charge in [-0.15, -0.1) is 0 Å². The number of nitrogens with one attached hydrogen (secondary N) is 2. The molecule has 2 saturated heterocycles. The predicted molar refractivity (Wildman–Crippen MR) is 80.3 cm³/mol. The summed E-state index contributed by atoms with van der Waals surface area (Å²) in [4.78, 5) is 23.3. The third kappa shape index (κ3) is 3.66. The first-order chi connectivity index (χ1) is 10.7. The molecule has 3 amide bonds. The largest absolute Gasteiger partial charge is 0.375 e. The summed E-state index contributed by atoms with van der Waals surface area (Å²) in [5.74, 6) is -0.784. The Kier molecular flexibility index (Phi) is 4.35. The zero-order valence-electron chi connectivity index (χ0n) is 13.8. The number of fused-ring (bicyclic) bond motifs is 2. The molecule has 6 atom stereocenters. The van der Waals surface area contributed by atoms with Gasteiger partial charge in [-0.3, -0.25) is 10.1 Å². The molecule has 0 aromatic rings. The SMILES string of the molecule is CC(C)(C)COC1CC2OC3NC(=O)NC(=O)C3CC2CC1F. The molecule has 0 aromatic heterocycles. The van der Waals surface area contributed by atoms with Gasteiger partial charge in [-0.1, -0.05) is 20.8 Å². The van der Waals surface area contributed by atoms with Crippen molar-refractivity contribution in [2.24, 2.45) is 17.3 Å². The first-order valence-electron chi connectivity index (χ1n) is 8.25. The summed E-state index contributed by atoms with van der Waals surface area (Å²) in [5.41, 5.74) is -0.0233. The van der Waals surface area contributed by atoms with Crippen LogP contribution in [-0.4, -0.2) is 43.2 Å². The van der Waals surface area contributed by atoms with E-state index in [4.69, 9.17) is 9.47 Å². The van der Waals surface area contributed by atoms with Gasteiger partial charge in [0, 0.05) is 6.42 Å². The maximum Gasteiger partial charge on any atom is 0.323 e. The number of alkyl halides is 1. The van der Waals surface area contributed by atoms with Crippen LogP contribution >= 0.6 is 0 Å². The van der Waals surface area contributed by atoms with Gasteiger partial charge in [-0.2, -0.15) is 0 Å². The van der Waals surface area contributed by atoms with E-state index in [0.29, 0.717) is 25.9 Å². The molecule has 0 aromatic carbocycles. The minimum atomic E-state index is -1.04. The quantitative estimate of drug-likeness (QED) is 0.809. The van der Waals surface area contributed by atoms with E-state index in [0.717, 1.165) is 0 Å². The molecule has 3 fully saturated rings. The maximum absolute atomic E-state index is 14.4. The number of hydrogen-bond acceptors (Lipinski definition) is 4. The first-order valence-corrected chi connectivity index (χ1v) is 8.25. The molecule has 2 N–H and O–H groups in total. The molecule has 1 aliphatic carbocycles. The van der Waals surface area contributed by atoms with E-state index in [1.54, 1.807) is 0 Å². The number of hydrogen-bond donors (Lipinski definition) is 2. The van der Waals surface area contributed by atoms with E-state index in [-0.39, 0.29) is 23.3 Å². The van der Waals surface area contributed by atoms with Crippen LogP contribution in [0.4, 0.5) is 9.18 Å². The van der Waals surface area contributed by atoms with Crippen molar-refractivity contribution in [2.45, 2.75) is 64.6 Å². The van der Waals surface area contributed by atoms with Crippen molar-refractivity contribution >= 4 is 11.9 Å². The second-order valence-electron chi connectivity index (χ2n) is 8.06. The number of imide groups is 1. The number of halogens is 1. The summed E-state index contributed by atoms with van der Waals surface area (Å²) in [6.07, 6.45) is -0.989. The van der Waals surface area contributed by atoms with Gasteiger partial charge in [0.1, 0.15) is 12.4 Å². The molecule has 6 nitrogen and oxygen atoms in total. The van der Waals surface area contributed by atoms with Gasteiger partial charge in [0.05, 0.1) is 24.7 Å². The average molecular weight is 328 g/mol. The molecular weight excluding hydrogens is 303 g/mol. The molecule has 2 aliphatic heterocycles. The fourth-order valence-electron chi connectivity index (χ4n) is 3.59. The molecule has 3 rings (SSSR count). The smallest absolute Gasteiger partial charge is 0.323 e. The number of carbonyl (C=O) groups is 2. The topological polar surface area (TPSA) is 76.7 Å². The Hall–Kier alpha value is -1.21. The number of carbonyl (C=O) groups excluding carboxylic acids is 2. The molecule has 6 unspecified atom stereocenters. The highest BCUT2D eigenvalue weighted by Gasteiger charge is 2.49. The maximum atomic E-state index is 14.4. The van der Waals surface area contributed by atoms with E-state index in [1.165, 1.54) is 0 Å². The van der Waals surface area contributed by atoms with Crippen LogP contribution in [0, 0.1) is 17.3 Å². The summed E-state index contributed by atoms with van der Waals surface area (Å²) in [5, 5.41) is 4.88. The lowest BCUT2D eigenvalue weighted by atomic mass is 9.75. The van der Waals surface area contributed by atoms with Crippen molar-refractivity contribution in [1.82, 2.24) is 10.6 Å². The molecule has 23 heavy (non-hydrogen) atoms. The molecule has 7 heteroatoms. The third-order valence-electron chi connectivity index (χ3n) is 4.74. The van der Waals surface area contributed by atoms with Crippen LogP contribution in [0.2, 0.25) is 0 Å². The van der Waals surface area contributed by atoms with Crippen molar-refractivity contribution in [1.29, 1.82) is 0 Å². The Balaban J connectivity index is 1.64. The van der Waals surface area contributed by atoms with Crippen molar-refractivity contribution < 1.29 is 23.5 Å². The van der Waals surface area contributed by atoms with Crippen molar-refractivity contribution in [3.05, 3.63) is 0 Å². The summed E-state index contributed by atoms with van der Waals surface area (Å²) >= 11 is 0. The molecule has 0 spiro atoms. The number of urea groups is 1. The zero-order valence-corrected chi connectivity index (χ0v) is 13.8. The van der Waals surface area contributed by atoms with Crippen LogP contribution in [0.3, 0.4) is 0 Å². The Morgan fingerprint density at radius 1 is 1.26 bits per heavy atom. The Morgan fingerprint density at radius 3 is 2.70 bits per heavy atom. The zero-order chi connectivity index (χ0) is 16.8. The molecule has 0 bridgehead atoms. The lowest BCUT2D eigenvalue weighted by Gasteiger charge is -2.47. The second kappa shape index (κ2) is 6.02. The minimum absolute atomic E-state index is 0.0125. The number of rotatable bonds is 2. The van der Waals surface area contributed by atoms with E-state index < -0.39 is 30.5 Å². The van der Waals surface area contributed by atoms with E-state index in [2.05, 4.69) is 10.6 Å². The second-order valence-corrected chi connectivity index (χ2v) is 8.06. The highest BCUT2D eigenvalue weighted by Crippen LogP contribution is 2.41. The molecule has 1 saturated carbocycles. The highest BCUT2D eigenvalue weighted by atomic mass is 19.1. The minimum Gasteiger partial charge on any atom is -0.375 e. The van der Waals surface area contributed by atoms with Gasteiger partial charge >= 0.3 is 6.03 Å². The number of ether oxygens (including phenoxy) is 2. The van der Waals surface area contributed by atoms with Gasteiger partial charge in [0.25, 0.3) is 0 Å². The van der Waals surface area contributed by atoms with Crippen LogP contribution in [0.25, 0.3) is 0 Å². The monoisotopic (exact) mass is 328 g/mol. The van der Waals surface area contributed by atoms with Crippen LogP contribution < -0.4 is 10.6 Å². The van der Waals surface area contributed by atoms with Gasteiger partial charge in [0.15, 0.2) is 0 Å². The standard InChI is InChI=1S/C16H25FN2O4/c1-16(2,3)7-22-12-6-11-8(5-10(12)17)4-9-13(20)18-15(21)19-14(9)23-11/h8-12,14H,4-7H2,1-3H3,(H2,18,19,20,21). The van der Waals surface area contributed by atoms with Crippen LogP contribution in [-0.2, 0) is 14.3 Å². The number of amides is 3. The van der Waals surface area contributed by atoms with Gasteiger partial charge in [-0.05, 0) is 24.2 Å². The molecule has 130 valence electrons.